The second kappa shape index (κ2) is 5.65. The first kappa shape index (κ1) is 17.2. The van der Waals surface area contributed by atoms with Crippen LogP contribution in [0, 0.1) is 0 Å². The molecule has 1 spiro atoms. The Labute approximate surface area is 156 Å². The van der Waals surface area contributed by atoms with Crippen molar-refractivity contribution in [2.24, 2.45) is 0 Å². The lowest BCUT2D eigenvalue weighted by molar-refractivity contribution is -0.132. The van der Waals surface area contributed by atoms with Gasteiger partial charge in [0.25, 0.3) is 0 Å². The second-order valence-corrected chi connectivity index (χ2v) is 14.1. The number of carbonyl (C=O) groups is 2. The van der Waals surface area contributed by atoms with E-state index in [0.717, 1.165) is 11.3 Å². The third-order valence-corrected chi connectivity index (χ3v) is 8.72. The first-order chi connectivity index (χ1) is 12.3. The number of rotatable bonds is 2. The third-order valence-electron chi connectivity index (χ3n) is 6.19. The van der Waals surface area contributed by atoms with Gasteiger partial charge in [-0.25, -0.2) is 0 Å². The highest BCUT2D eigenvalue weighted by Crippen LogP contribution is 2.59. The Kier molecular flexibility index (Phi) is 3.74. The smallest absolute Gasteiger partial charge is 0.245 e. The number of para-hydroxylation sites is 1. The summed E-state index contributed by atoms with van der Waals surface area (Å²) in [4.78, 5) is 28.9. The summed E-state index contributed by atoms with van der Waals surface area (Å²) < 4.78 is 0. The van der Waals surface area contributed by atoms with Crippen molar-refractivity contribution in [1.82, 2.24) is 0 Å². The number of ketones is 1. The molecule has 4 heteroatoms. The SMILES string of the molecule is CN1C(=O)[C@]2(C[C@H](c3ccccc3)[C@H]([Si](C)(C)C)C2=O)c2ccccc21. The number of benzene rings is 2. The van der Waals surface area contributed by atoms with E-state index in [4.69, 9.17) is 0 Å². The van der Waals surface area contributed by atoms with Crippen molar-refractivity contribution >= 4 is 25.5 Å². The van der Waals surface area contributed by atoms with E-state index in [0.29, 0.717) is 6.42 Å². The lowest BCUT2D eigenvalue weighted by Gasteiger charge is -2.29. The highest BCUT2D eigenvalue weighted by molar-refractivity contribution is 6.81. The minimum absolute atomic E-state index is 0.0478. The molecule has 4 rings (SSSR count). The molecule has 0 N–H and O–H groups in total. The van der Waals surface area contributed by atoms with Crippen LogP contribution in [0.25, 0.3) is 0 Å². The van der Waals surface area contributed by atoms with Gasteiger partial charge in [0.2, 0.25) is 5.91 Å². The molecule has 0 unspecified atom stereocenters. The molecule has 134 valence electrons. The zero-order chi connectivity index (χ0) is 18.7. The van der Waals surface area contributed by atoms with Crippen LogP contribution >= 0.6 is 0 Å². The lowest BCUT2D eigenvalue weighted by atomic mass is 9.78. The van der Waals surface area contributed by atoms with Gasteiger partial charge in [0.1, 0.15) is 5.41 Å². The number of nitrogens with zero attached hydrogens (tertiary/aromatic N) is 1. The summed E-state index contributed by atoms with van der Waals surface area (Å²) in [6.45, 7) is 6.75. The van der Waals surface area contributed by atoms with Gasteiger partial charge in [0.15, 0.2) is 5.78 Å². The van der Waals surface area contributed by atoms with Crippen LogP contribution in [0.4, 0.5) is 5.69 Å². The van der Waals surface area contributed by atoms with Crippen molar-refractivity contribution < 1.29 is 9.59 Å². The molecule has 1 fully saturated rings. The topological polar surface area (TPSA) is 37.4 Å². The second-order valence-electron chi connectivity index (χ2n) is 8.72. The zero-order valence-electron chi connectivity index (χ0n) is 15.8. The van der Waals surface area contributed by atoms with Crippen LogP contribution in [0.3, 0.4) is 0 Å². The molecule has 2 aliphatic rings. The molecule has 3 atom stereocenters. The fourth-order valence-corrected chi connectivity index (χ4v) is 7.63. The first-order valence-corrected chi connectivity index (χ1v) is 12.8. The average Bonchev–Trinajstić information content (AvgIpc) is 3.05. The maximum atomic E-state index is 13.9. The Hall–Kier alpha value is -2.20. The van der Waals surface area contributed by atoms with Crippen molar-refractivity contribution in [1.29, 1.82) is 0 Å². The van der Waals surface area contributed by atoms with Crippen LogP contribution in [0.2, 0.25) is 25.2 Å². The summed E-state index contributed by atoms with van der Waals surface area (Å²) in [6, 6.07) is 18.1. The molecule has 26 heavy (non-hydrogen) atoms. The molecule has 1 aliphatic carbocycles. The van der Waals surface area contributed by atoms with Crippen LogP contribution in [-0.4, -0.2) is 26.8 Å². The van der Waals surface area contributed by atoms with Gasteiger partial charge in [-0.05, 0) is 29.5 Å². The molecule has 1 heterocycles. The van der Waals surface area contributed by atoms with Gasteiger partial charge in [-0.2, -0.15) is 0 Å². The summed E-state index contributed by atoms with van der Waals surface area (Å²) in [5.41, 5.74) is 1.92. The van der Waals surface area contributed by atoms with Crippen molar-refractivity contribution in [3.63, 3.8) is 0 Å². The Morgan fingerprint density at radius 2 is 1.58 bits per heavy atom. The maximum Gasteiger partial charge on any atom is 0.245 e. The fourth-order valence-electron chi connectivity index (χ4n) is 5.08. The van der Waals surface area contributed by atoms with Crippen molar-refractivity contribution in [2.45, 2.75) is 42.9 Å². The lowest BCUT2D eigenvalue weighted by Crippen LogP contribution is -2.45. The fraction of sp³-hybridized carbons (Fsp3) is 0.364. The minimum Gasteiger partial charge on any atom is -0.314 e. The number of anilines is 1. The first-order valence-electron chi connectivity index (χ1n) is 9.25. The number of hydrogen-bond donors (Lipinski definition) is 0. The van der Waals surface area contributed by atoms with E-state index in [-0.39, 0.29) is 23.1 Å². The highest BCUT2D eigenvalue weighted by atomic mass is 28.3. The molecule has 3 nitrogen and oxygen atoms in total. The standard InChI is InChI=1S/C22H25NO2Si/c1-23-18-13-9-8-12-17(18)22(21(23)25)14-16(15-10-6-5-7-11-15)19(20(22)24)26(2,3)4/h5-13,16,19H,14H2,1-4H3/t16-,19+,22-/m1/s1. The molecule has 0 radical (unpaired) electrons. The van der Waals surface area contributed by atoms with Gasteiger partial charge in [-0.1, -0.05) is 68.2 Å². The third kappa shape index (κ3) is 2.18. The monoisotopic (exact) mass is 363 g/mol. The van der Waals surface area contributed by atoms with Gasteiger partial charge in [0.05, 0.1) is 8.07 Å². The van der Waals surface area contributed by atoms with Gasteiger partial charge < -0.3 is 4.90 Å². The van der Waals surface area contributed by atoms with Crippen LogP contribution in [0.5, 0.6) is 0 Å². The number of Topliss-reactive ketones (excluding diaryl/α,β-unsaturated/α-hetero) is 1. The zero-order valence-corrected chi connectivity index (χ0v) is 16.8. The van der Waals surface area contributed by atoms with Gasteiger partial charge in [-0.15, -0.1) is 0 Å². The van der Waals surface area contributed by atoms with E-state index < -0.39 is 13.5 Å². The van der Waals surface area contributed by atoms with Crippen LogP contribution in [-0.2, 0) is 15.0 Å². The number of carbonyl (C=O) groups excluding carboxylic acids is 2. The average molecular weight is 364 g/mol. The molecule has 1 amide bonds. The minimum atomic E-state index is -1.82. The maximum absolute atomic E-state index is 13.9. The summed E-state index contributed by atoms with van der Waals surface area (Å²) in [5, 5.41) is 0. The molecule has 2 aromatic carbocycles. The largest absolute Gasteiger partial charge is 0.314 e. The van der Waals surface area contributed by atoms with Crippen LogP contribution in [0.1, 0.15) is 23.5 Å². The number of amides is 1. The van der Waals surface area contributed by atoms with E-state index in [1.54, 1.807) is 11.9 Å². The van der Waals surface area contributed by atoms with E-state index >= 15 is 0 Å². The number of likely N-dealkylation sites (N-methyl/N-ethyl adjacent to an activating group) is 1. The van der Waals surface area contributed by atoms with Crippen LogP contribution < -0.4 is 4.90 Å². The number of fused-ring (bicyclic) bond motifs is 2. The van der Waals surface area contributed by atoms with Crippen molar-refractivity contribution in [2.75, 3.05) is 11.9 Å². The predicted molar refractivity (Wildman–Crippen MR) is 107 cm³/mol. The van der Waals surface area contributed by atoms with Gasteiger partial charge in [-0.3, -0.25) is 9.59 Å². The van der Waals surface area contributed by atoms with E-state index in [1.165, 1.54) is 5.56 Å². The molecule has 0 bridgehead atoms. The quantitative estimate of drug-likeness (QED) is 0.587. The van der Waals surface area contributed by atoms with Crippen molar-refractivity contribution in [3.05, 3.63) is 65.7 Å². The molecule has 1 saturated carbocycles. The van der Waals surface area contributed by atoms with E-state index in [9.17, 15) is 9.59 Å². The Balaban J connectivity index is 1.92. The summed E-state index contributed by atoms with van der Waals surface area (Å²) in [5.74, 6) is 0.205. The predicted octanol–water partition coefficient (Wildman–Crippen LogP) is 4.37. The van der Waals surface area contributed by atoms with Crippen molar-refractivity contribution in [3.8, 4) is 0 Å². The molecule has 0 aromatic heterocycles. The highest BCUT2D eigenvalue weighted by Gasteiger charge is 2.65. The normalized spacial score (nSPS) is 28.1. The van der Waals surface area contributed by atoms with E-state index in [2.05, 4.69) is 31.8 Å². The summed E-state index contributed by atoms with van der Waals surface area (Å²) in [7, 11) is -0.0256. The Morgan fingerprint density at radius 3 is 2.23 bits per heavy atom. The Morgan fingerprint density at radius 1 is 0.962 bits per heavy atom. The molecule has 1 aliphatic heterocycles. The van der Waals surface area contributed by atoms with Gasteiger partial charge in [0, 0.05) is 18.3 Å². The molecule has 2 aromatic rings. The molecular weight excluding hydrogens is 338 g/mol. The van der Waals surface area contributed by atoms with E-state index in [1.807, 2.05) is 42.5 Å². The van der Waals surface area contributed by atoms with Crippen LogP contribution in [0.15, 0.2) is 54.6 Å². The summed E-state index contributed by atoms with van der Waals surface area (Å²) >= 11 is 0. The molecular formula is C22H25NO2Si. The van der Waals surface area contributed by atoms with Gasteiger partial charge >= 0.3 is 0 Å². The number of hydrogen-bond acceptors (Lipinski definition) is 2. The summed E-state index contributed by atoms with van der Waals surface area (Å²) in [6.07, 6.45) is 0.588. The molecule has 0 saturated heterocycles. The Bertz CT molecular complexity index is 887.